The van der Waals surface area contributed by atoms with E-state index in [2.05, 4.69) is 29.6 Å². The van der Waals surface area contributed by atoms with Gasteiger partial charge in [0.25, 0.3) is 0 Å². The minimum absolute atomic E-state index is 0.0879. The summed E-state index contributed by atoms with van der Waals surface area (Å²) in [5.74, 6) is 0.638. The van der Waals surface area contributed by atoms with E-state index in [4.69, 9.17) is 9.47 Å². The van der Waals surface area contributed by atoms with E-state index in [1.807, 2.05) is 13.8 Å². The molecule has 0 saturated heterocycles. The van der Waals surface area contributed by atoms with E-state index in [0.29, 0.717) is 25.0 Å². The molecule has 2 aliphatic carbocycles. The van der Waals surface area contributed by atoms with E-state index in [0.717, 1.165) is 49.7 Å². The molecule has 2 aliphatic rings. The molecule has 0 aliphatic heterocycles. The molecule has 0 fully saturated rings. The van der Waals surface area contributed by atoms with Gasteiger partial charge in [0.15, 0.2) is 0 Å². The predicted molar refractivity (Wildman–Crippen MR) is 129 cm³/mol. The number of hydrogen-bond donors (Lipinski definition) is 0. The van der Waals surface area contributed by atoms with Crippen molar-refractivity contribution >= 4 is 48.7 Å². The third-order valence-corrected chi connectivity index (χ3v) is 19.5. The average molecular weight is 632 g/mol. The van der Waals surface area contributed by atoms with Crippen LogP contribution in [0.3, 0.4) is 0 Å². The van der Waals surface area contributed by atoms with Crippen molar-refractivity contribution in [1.29, 1.82) is 0 Å². The normalized spacial score (nSPS) is 23.5. The topological polar surface area (TPSA) is 52.6 Å². The molecule has 30 heavy (non-hydrogen) atoms. The molecule has 0 aromatic carbocycles. The van der Waals surface area contributed by atoms with E-state index < -0.39 is 36.8 Å². The van der Waals surface area contributed by atoms with Gasteiger partial charge in [0.1, 0.15) is 0 Å². The van der Waals surface area contributed by atoms with Crippen LogP contribution in [0.15, 0.2) is 18.3 Å². The van der Waals surface area contributed by atoms with Gasteiger partial charge in [-0.25, -0.2) is 0 Å². The molecule has 0 radical (unpaired) electrons. The van der Waals surface area contributed by atoms with Gasteiger partial charge in [-0.15, -0.1) is 0 Å². The van der Waals surface area contributed by atoms with Crippen molar-refractivity contribution in [3.63, 3.8) is 0 Å². The first-order valence-corrected chi connectivity index (χ1v) is 31.7. The Morgan fingerprint density at radius 2 is 1.07 bits per heavy atom. The van der Waals surface area contributed by atoms with E-state index in [1.165, 1.54) is 7.18 Å². The summed E-state index contributed by atoms with van der Waals surface area (Å²) in [5.41, 5.74) is 1.98. The Bertz CT molecular complexity index is 660. The standard InChI is InChI=1S/C18H24O4.6CH3.2Sn/c1-3-21-17(19)15-9-5-7-13(11-15)14-8-6-10-16(12-14)18(20)22-4-2;;;;;;;;/h13-14H,3-10H2,1-2H3;6*1H3;;/t13-,14-;;;;;;;;/m0......../s1. The summed E-state index contributed by atoms with van der Waals surface area (Å²) in [7, 11) is 0. The van der Waals surface area contributed by atoms with Gasteiger partial charge in [-0.1, -0.05) is 0 Å². The second-order valence-electron chi connectivity index (χ2n) is 10.7. The molecule has 170 valence electrons. The van der Waals surface area contributed by atoms with Crippen LogP contribution in [0, 0.1) is 11.8 Å². The minimum atomic E-state index is -2.59. The third kappa shape index (κ3) is 6.08. The van der Waals surface area contributed by atoms with Crippen LogP contribution in [0.4, 0.5) is 0 Å². The van der Waals surface area contributed by atoms with Crippen LogP contribution in [-0.4, -0.2) is 61.9 Å². The first-order chi connectivity index (χ1) is 13.9. The van der Waals surface area contributed by atoms with E-state index in [1.54, 1.807) is 0 Å². The summed E-state index contributed by atoms with van der Waals surface area (Å²) in [5, 5.41) is 0. The molecule has 0 saturated carbocycles. The number of carbonyl (C=O) groups is 2. The molecule has 0 spiro atoms. The molecular weight excluding hydrogens is 590 g/mol. The Kier molecular flexibility index (Phi) is 9.42. The number of carbonyl (C=O) groups excluding carboxylic acids is 2. The molecule has 0 N–H and O–H groups in total. The SMILES string of the molecule is CCOC(=O)C1=[C]([Sn]([CH3])([CH3])[CH3])[C@@H]([C@H]2CCCC(C(=O)OCC)=[C]2[Sn]([CH3])([CH3])[CH3])CCC1. The van der Waals surface area contributed by atoms with Gasteiger partial charge in [-0.2, -0.15) is 0 Å². The summed E-state index contributed by atoms with van der Waals surface area (Å²) in [6.07, 6.45) is 6.07. The molecule has 0 bridgehead atoms. The second kappa shape index (κ2) is 10.8. The number of ether oxygens (including phenoxy) is 2. The van der Waals surface area contributed by atoms with E-state index in [9.17, 15) is 9.59 Å². The fraction of sp³-hybridized carbons (Fsp3) is 0.750. The Hall–Kier alpha value is 0.0174. The van der Waals surface area contributed by atoms with Crippen molar-refractivity contribution in [2.75, 3.05) is 13.2 Å². The quantitative estimate of drug-likeness (QED) is 0.253. The van der Waals surface area contributed by atoms with Crippen LogP contribution in [0.5, 0.6) is 0 Å². The van der Waals surface area contributed by atoms with Crippen LogP contribution >= 0.6 is 0 Å². The Morgan fingerprint density at radius 3 is 1.33 bits per heavy atom. The number of esters is 2. The molecule has 6 heteroatoms. The van der Waals surface area contributed by atoms with Gasteiger partial charge >= 0.3 is 193 Å². The first kappa shape index (κ1) is 26.3. The molecule has 0 unspecified atom stereocenters. The first-order valence-electron chi connectivity index (χ1n) is 11.7. The molecule has 0 heterocycles. The van der Waals surface area contributed by atoms with E-state index >= 15 is 0 Å². The van der Waals surface area contributed by atoms with Crippen molar-refractivity contribution in [3.05, 3.63) is 18.3 Å². The summed E-state index contributed by atoms with van der Waals surface area (Å²) in [6, 6.07) is 0. The van der Waals surface area contributed by atoms with Crippen molar-refractivity contribution in [3.8, 4) is 0 Å². The number of allylic oxidation sites excluding steroid dienone is 2. The van der Waals surface area contributed by atoms with Gasteiger partial charge in [0.05, 0.1) is 0 Å². The zero-order valence-electron chi connectivity index (χ0n) is 20.4. The third-order valence-electron chi connectivity index (χ3n) is 6.42. The van der Waals surface area contributed by atoms with Crippen molar-refractivity contribution < 1.29 is 19.1 Å². The molecule has 0 aromatic rings. The number of rotatable bonds is 7. The maximum atomic E-state index is 12.9. The predicted octanol–water partition coefficient (Wildman–Crippen LogP) is 6.06. The fourth-order valence-corrected chi connectivity index (χ4v) is 20.5. The average Bonchev–Trinajstić information content (AvgIpc) is 2.65. The molecule has 0 aromatic heterocycles. The zero-order chi connectivity index (χ0) is 22.7. The second-order valence-corrected chi connectivity index (χ2v) is 39.5. The fourth-order valence-electron chi connectivity index (χ4n) is 5.69. The number of hydrogen-bond acceptors (Lipinski definition) is 4. The zero-order valence-corrected chi connectivity index (χ0v) is 26.2. The molecular formula is C24H42O4Sn2. The summed E-state index contributed by atoms with van der Waals surface area (Å²) in [6.45, 7) is 4.64. The van der Waals surface area contributed by atoms with Crippen LogP contribution in [0.25, 0.3) is 0 Å². The molecule has 2 rings (SSSR count). The summed E-state index contributed by atoms with van der Waals surface area (Å²) in [4.78, 5) is 40.4. The molecule has 0 amide bonds. The van der Waals surface area contributed by atoms with E-state index in [-0.39, 0.29) is 11.9 Å². The maximum absolute atomic E-state index is 12.9. The Labute approximate surface area is 192 Å². The monoisotopic (exact) mass is 634 g/mol. The van der Waals surface area contributed by atoms with Crippen LogP contribution in [0.1, 0.15) is 52.4 Å². The van der Waals surface area contributed by atoms with Crippen molar-refractivity contribution in [2.24, 2.45) is 11.8 Å². The molecule has 2 atom stereocenters. The van der Waals surface area contributed by atoms with Crippen molar-refractivity contribution in [2.45, 2.75) is 82.0 Å². The summed E-state index contributed by atoms with van der Waals surface area (Å²) < 4.78 is 14.0. The van der Waals surface area contributed by atoms with Gasteiger partial charge in [-0.05, 0) is 0 Å². The van der Waals surface area contributed by atoms with Gasteiger partial charge in [0.2, 0.25) is 0 Å². The van der Waals surface area contributed by atoms with Crippen LogP contribution in [0.2, 0.25) is 29.6 Å². The Morgan fingerprint density at radius 1 is 0.733 bits per heavy atom. The van der Waals surface area contributed by atoms with Gasteiger partial charge in [0, 0.05) is 0 Å². The van der Waals surface area contributed by atoms with Gasteiger partial charge < -0.3 is 0 Å². The summed E-state index contributed by atoms with van der Waals surface area (Å²) >= 11 is -5.18. The van der Waals surface area contributed by atoms with Crippen LogP contribution < -0.4 is 0 Å². The Balaban J connectivity index is 2.65. The molecule has 4 nitrogen and oxygen atoms in total. The van der Waals surface area contributed by atoms with Crippen LogP contribution in [-0.2, 0) is 19.1 Å². The van der Waals surface area contributed by atoms with Crippen molar-refractivity contribution in [1.82, 2.24) is 0 Å². The van der Waals surface area contributed by atoms with Gasteiger partial charge in [-0.3, -0.25) is 0 Å².